The minimum atomic E-state index is -0.392. The molecule has 1 N–H and O–H groups in total. The van der Waals surface area contributed by atoms with Crippen LogP contribution in [0.25, 0.3) is 0 Å². The second kappa shape index (κ2) is 6.97. The first-order chi connectivity index (χ1) is 11.2. The third-order valence-corrected chi connectivity index (χ3v) is 5.40. The summed E-state index contributed by atoms with van der Waals surface area (Å²) >= 11 is 1.46. The maximum atomic E-state index is 11.9. The number of fused-ring (bicyclic) bond motifs is 1. The summed E-state index contributed by atoms with van der Waals surface area (Å²) < 4.78 is 5.03. The quantitative estimate of drug-likeness (QED) is 0.665. The Kier molecular flexibility index (Phi) is 4.77. The van der Waals surface area contributed by atoms with Gasteiger partial charge in [0, 0.05) is 4.88 Å². The van der Waals surface area contributed by atoms with E-state index in [1.165, 1.54) is 16.2 Å². The van der Waals surface area contributed by atoms with Crippen LogP contribution < -0.4 is 5.32 Å². The van der Waals surface area contributed by atoms with Crippen LogP contribution in [0.4, 0.5) is 5.00 Å². The van der Waals surface area contributed by atoms with Crippen LogP contribution in [0.2, 0.25) is 0 Å². The van der Waals surface area contributed by atoms with Gasteiger partial charge in [-0.3, -0.25) is 9.59 Å². The van der Waals surface area contributed by atoms with Gasteiger partial charge in [0.15, 0.2) is 6.61 Å². The van der Waals surface area contributed by atoms with E-state index in [1.54, 1.807) is 0 Å². The van der Waals surface area contributed by atoms with E-state index in [-0.39, 0.29) is 18.5 Å². The third kappa shape index (κ3) is 3.62. The highest BCUT2D eigenvalue weighted by molar-refractivity contribution is 7.16. The first-order valence-electron chi connectivity index (χ1n) is 7.84. The van der Waals surface area contributed by atoms with Gasteiger partial charge in [0.25, 0.3) is 5.91 Å². The summed E-state index contributed by atoms with van der Waals surface area (Å²) in [6, 6.07) is 2.17. The van der Waals surface area contributed by atoms with E-state index in [2.05, 4.69) is 17.5 Å². The van der Waals surface area contributed by atoms with Crippen LogP contribution in [-0.4, -0.2) is 18.5 Å². The SMILES string of the molecule is N#Cc1c(NC(=O)COC(=O)C[C@H]2C=CCC2)sc2c1CCC2. The highest BCUT2D eigenvalue weighted by Crippen LogP contribution is 2.38. The molecular formula is C17H18N2O3S. The molecular weight excluding hydrogens is 312 g/mol. The van der Waals surface area contributed by atoms with Crippen molar-refractivity contribution in [3.8, 4) is 6.07 Å². The lowest BCUT2D eigenvalue weighted by Gasteiger charge is -2.08. The monoisotopic (exact) mass is 330 g/mol. The Bertz CT molecular complexity index is 699. The Morgan fingerprint density at radius 2 is 2.30 bits per heavy atom. The number of ether oxygens (including phenoxy) is 1. The predicted molar refractivity (Wildman–Crippen MR) is 87.1 cm³/mol. The van der Waals surface area contributed by atoms with Crippen molar-refractivity contribution in [3.63, 3.8) is 0 Å². The maximum Gasteiger partial charge on any atom is 0.306 e. The van der Waals surface area contributed by atoms with E-state index >= 15 is 0 Å². The molecule has 3 rings (SSSR count). The van der Waals surface area contributed by atoms with Gasteiger partial charge >= 0.3 is 5.97 Å². The Balaban J connectivity index is 1.51. The van der Waals surface area contributed by atoms with E-state index in [1.807, 2.05) is 6.08 Å². The number of nitrogens with one attached hydrogen (secondary N) is 1. The first kappa shape index (κ1) is 15.8. The average molecular weight is 330 g/mol. The van der Waals surface area contributed by atoms with Gasteiger partial charge in [0.1, 0.15) is 11.1 Å². The van der Waals surface area contributed by atoms with Crippen molar-refractivity contribution >= 4 is 28.2 Å². The van der Waals surface area contributed by atoms with Crippen molar-refractivity contribution in [2.75, 3.05) is 11.9 Å². The highest BCUT2D eigenvalue weighted by Gasteiger charge is 2.23. The summed E-state index contributed by atoms with van der Waals surface area (Å²) in [5.41, 5.74) is 1.64. The van der Waals surface area contributed by atoms with Crippen molar-refractivity contribution < 1.29 is 14.3 Å². The minimum absolute atomic E-state index is 0.232. The summed E-state index contributed by atoms with van der Waals surface area (Å²) in [5, 5.41) is 12.6. The van der Waals surface area contributed by atoms with Gasteiger partial charge in [-0.1, -0.05) is 12.2 Å². The molecule has 5 nitrogen and oxygen atoms in total. The number of carbonyl (C=O) groups is 2. The first-order valence-corrected chi connectivity index (χ1v) is 8.66. The van der Waals surface area contributed by atoms with E-state index < -0.39 is 5.91 Å². The van der Waals surface area contributed by atoms with Crippen molar-refractivity contribution in [1.29, 1.82) is 5.26 Å². The summed E-state index contributed by atoms with van der Waals surface area (Å²) in [7, 11) is 0. The van der Waals surface area contributed by atoms with Crippen LogP contribution in [0.1, 0.15) is 41.7 Å². The number of aryl methyl sites for hydroxylation is 1. The van der Waals surface area contributed by atoms with Gasteiger partial charge < -0.3 is 10.1 Å². The molecule has 120 valence electrons. The molecule has 1 heterocycles. The number of nitriles is 1. The molecule has 0 fully saturated rings. The fraction of sp³-hybridized carbons (Fsp3) is 0.471. The number of thiophene rings is 1. The molecule has 0 saturated carbocycles. The van der Waals surface area contributed by atoms with E-state index in [9.17, 15) is 14.9 Å². The van der Waals surface area contributed by atoms with Gasteiger partial charge in [-0.15, -0.1) is 11.3 Å². The van der Waals surface area contributed by atoms with E-state index in [0.29, 0.717) is 17.0 Å². The van der Waals surface area contributed by atoms with E-state index in [0.717, 1.165) is 37.7 Å². The zero-order valence-corrected chi connectivity index (χ0v) is 13.6. The van der Waals surface area contributed by atoms with Crippen molar-refractivity contribution in [2.24, 2.45) is 5.92 Å². The van der Waals surface area contributed by atoms with Crippen LogP contribution in [0.5, 0.6) is 0 Å². The standard InChI is InChI=1S/C17H18N2O3S/c18-9-13-12-6-3-7-14(12)23-17(13)19-15(20)10-22-16(21)8-11-4-1-2-5-11/h1,4,11H,2-3,5-8,10H2,(H,19,20)/t11-/m0/s1. The molecule has 1 amide bonds. The van der Waals surface area contributed by atoms with Gasteiger partial charge in [0.2, 0.25) is 0 Å². The zero-order chi connectivity index (χ0) is 16.2. The van der Waals surface area contributed by atoms with Crippen LogP contribution >= 0.6 is 11.3 Å². The summed E-state index contributed by atoms with van der Waals surface area (Å²) in [5.74, 6) is -0.515. The zero-order valence-electron chi connectivity index (χ0n) is 12.8. The van der Waals surface area contributed by atoms with Gasteiger partial charge in [0.05, 0.1) is 12.0 Å². The second-order valence-corrected chi connectivity index (χ2v) is 6.96. The van der Waals surface area contributed by atoms with Crippen LogP contribution in [0.15, 0.2) is 12.2 Å². The van der Waals surface area contributed by atoms with Crippen molar-refractivity contribution in [2.45, 2.75) is 38.5 Å². The number of rotatable bonds is 5. The number of esters is 1. The number of hydrogen-bond acceptors (Lipinski definition) is 5. The number of hydrogen-bond donors (Lipinski definition) is 1. The Morgan fingerprint density at radius 3 is 3.04 bits per heavy atom. The second-order valence-electron chi connectivity index (χ2n) is 5.85. The fourth-order valence-corrected chi connectivity index (χ4v) is 4.31. The number of carbonyl (C=O) groups excluding carboxylic acids is 2. The molecule has 0 unspecified atom stereocenters. The maximum absolute atomic E-state index is 11.9. The van der Waals surface area contributed by atoms with Crippen molar-refractivity contribution in [3.05, 3.63) is 28.2 Å². The number of allylic oxidation sites excluding steroid dienone is 2. The molecule has 0 aromatic carbocycles. The molecule has 1 aromatic rings. The lowest BCUT2D eigenvalue weighted by atomic mass is 10.1. The molecule has 1 atom stereocenters. The van der Waals surface area contributed by atoms with Crippen LogP contribution in [-0.2, 0) is 27.2 Å². The lowest BCUT2D eigenvalue weighted by Crippen LogP contribution is -2.21. The number of nitrogens with zero attached hydrogens (tertiary/aromatic N) is 1. The van der Waals surface area contributed by atoms with Crippen molar-refractivity contribution in [1.82, 2.24) is 0 Å². The summed E-state index contributed by atoms with van der Waals surface area (Å²) in [6.45, 7) is -0.303. The molecule has 0 aliphatic heterocycles. The largest absolute Gasteiger partial charge is 0.456 e. The Morgan fingerprint density at radius 1 is 1.43 bits per heavy atom. The highest BCUT2D eigenvalue weighted by atomic mass is 32.1. The molecule has 2 aliphatic rings. The van der Waals surface area contributed by atoms with Crippen LogP contribution in [0.3, 0.4) is 0 Å². The van der Waals surface area contributed by atoms with Gasteiger partial charge in [-0.2, -0.15) is 5.26 Å². The normalized spacial score (nSPS) is 18.5. The summed E-state index contributed by atoms with van der Waals surface area (Å²) in [6.07, 6.45) is 9.30. The molecule has 2 aliphatic carbocycles. The Hall–Kier alpha value is -2.13. The molecule has 0 bridgehead atoms. The number of amides is 1. The average Bonchev–Trinajstić information content (AvgIpc) is 3.22. The minimum Gasteiger partial charge on any atom is -0.456 e. The lowest BCUT2D eigenvalue weighted by molar-refractivity contribution is -0.147. The summed E-state index contributed by atoms with van der Waals surface area (Å²) in [4.78, 5) is 24.8. The topological polar surface area (TPSA) is 79.2 Å². The van der Waals surface area contributed by atoms with E-state index in [4.69, 9.17) is 4.74 Å². The van der Waals surface area contributed by atoms with Gasteiger partial charge in [-0.05, 0) is 43.6 Å². The molecule has 0 saturated heterocycles. The van der Waals surface area contributed by atoms with Crippen LogP contribution in [0, 0.1) is 17.2 Å². The predicted octanol–water partition coefficient (Wildman–Crippen LogP) is 2.95. The molecule has 23 heavy (non-hydrogen) atoms. The molecule has 6 heteroatoms. The fourth-order valence-electron chi connectivity index (χ4n) is 3.06. The molecule has 1 aromatic heterocycles. The third-order valence-electron chi connectivity index (χ3n) is 4.19. The van der Waals surface area contributed by atoms with Gasteiger partial charge in [-0.25, -0.2) is 0 Å². The number of anilines is 1. The molecule has 0 spiro atoms. The smallest absolute Gasteiger partial charge is 0.306 e. The Labute approximate surface area is 138 Å². The molecule has 0 radical (unpaired) electrons.